The molecular formula is C21H21ClN2O3. The summed E-state index contributed by atoms with van der Waals surface area (Å²) in [7, 11) is 0. The summed E-state index contributed by atoms with van der Waals surface area (Å²) in [4.78, 5) is 23.3. The van der Waals surface area contributed by atoms with Crippen molar-refractivity contribution in [3.63, 3.8) is 0 Å². The van der Waals surface area contributed by atoms with E-state index in [-0.39, 0.29) is 6.42 Å². The number of rotatable bonds is 6. The summed E-state index contributed by atoms with van der Waals surface area (Å²) >= 11 is 6.13. The van der Waals surface area contributed by atoms with Gasteiger partial charge in [0.25, 0.3) is 0 Å². The molecule has 2 aromatic carbocycles. The van der Waals surface area contributed by atoms with Crippen molar-refractivity contribution in [3.05, 3.63) is 64.3 Å². The minimum atomic E-state index is -0.427. The van der Waals surface area contributed by atoms with Crippen molar-refractivity contribution < 1.29 is 14.3 Å². The highest BCUT2D eigenvalue weighted by Gasteiger charge is 2.21. The first-order valence-electron chi connectivity index (χ1n) is 8.74. The van der Waals surface area contributed by atoms with Crippen LogP contribution in [0.3, 0.4) is 0 Å². The molecule has 0 unspecified atom stereocenters. The number of hydrogen-bond acceptors (Lipinski definition) is 3. The molecule has 0 radical (unpaired) electrons. The van der Waals surface area contributed by atoms with Crippen molar-refractivity contribution in [1.29, 1.82) is 0 Å². The highest BCUT2D eigenvalue weighted by Crippen LogP contribution is 2.35. The van der Waals surface area contributed by atoms with Gasteiger partial charge >= 0.3 is 5.97 Å². The number of halogens is 1. The normalized spacial score (nSPS) is 10.9. The third kappa shape index (κ3) is 3.98. The van der Waals surface area contributed by atoms with Crippen molar-refractivity contribution in [2.75, 3.05) is 0 Å². The van der Waals surface area contributed by atoms with E-state index in [0.29, 0.717) is 23.7 Å². The Morgan fingerprint density at radius 2 is 1.93 bits per heavy atom. The van der Waals surface area contributed by atoms with Crippen LogP contribution in [0.1, 0.15) is 30.7 Å². The molecule has 3 rings (SSSR count). The van der Waals surface area contributed by atoms with Crippen LogP contribution in [0.5, 0.6) is 5.75 Å². The molecule has 140 valence electrons. The van der Waals surface area contributed by atoms with Crippen LogP contribution in [0.4, 0.5) is 0 Å². The van der Waals surface area contributed by atoms with E-state index in [0.717, 1.165) is 27.7 Å². The van der Waals surface area contributed by atoms with Crippen molar-refractivity contribution >= 4 is 34.4 Å². The predicted molar refractivity (Wildman–Crippen MR) is 106 cm³/mol. The Morgan fingerprint density at radius 1 is 1.19 bits per heavy atom. The topological polar surface area (TPSA) is 74.3 Å². The summed E-state index contributed by atoms with van der Waals surface area (Å²) < 4.78 is 7.54. The molecule has 1 amide bonds. The fourth-order valence-corrected chi connectivity index (χ4v) is 3.72. The maximum absolute atomic E-state index is 11.7. The molecule has 3 aromatic rings. The molecule has 0 saturated heterocycles. The first-order chi connectivity index (χ1) is 12.9. The number of esters is 1. The van der Waals surface area contributed by atoms with Gasteiger partial charge in [-0.3, -0.25) is 9.59 Å². The van der Waals surface area contributed by atoms with Gasteiger partial charge in [-0.05, 0) is 41.8 Å². The summed E-state index contributed by atoms with van der Waals surface area (Å²) in [6.45, 7) is 3.97. The first kappa shape index (κ1) is 19.0. The SMILES string of the molecule is CCc1c(CC(N)=O)c2c(OC(C)=O)cccc2n1Cc1cccc(Cl)c1. The Balaban J connectivity index is 2.25. The average Bonchev–Trinajstić information content (AvgIpc) is 2.88. The van der Waals surface area contributed by atoms with E-state index in [2.05, 4.69) is 4.57 Å². The molecule has 0 bridgehead atoms. The summed E-state index contributed by atoms with van der Waals surface area (Å²) in [5.41, 5.74) is 9.22. The van der Waals surface area contributed by atoms with E-state index in [1.54, 1.807) is 6.07 Å². The number of ether oxygens (including phenoxy) is 1. The molecule has 1 heterocycles. The summed E-state index contributed by atoms with van der Waals surface area (Å²) in [5.74, 6) is -0.395. The van der Waals surface area contributed by atoms with Crippen LogP contribution in [0.25, 0.3) is 10.9 Å². The lowest BCUT2D eigenvalue weighted by molar-refractivity contribution is -0.131. The Morgan fingerprint density at radius 3 is 2.56 bits per heavy atom. The summed E-state index contributed by atoms with van der Waals surface area (Å²) in [6, 6.07) is 13.2. The molecule has 0 spiro atoms. The number of benzene rings is 2. The number of amides is 1. The van der Waals surface area contributed by atoms with Gasteiger partial charge in [-0.1, -0.05) is 36.7 Å². The maximum Gasteiger partial charge on any atom is 0.308 e. The largest absolute Gasteiger partial charge is 0.426 e. The van der Waals surface area contributed by atoms with Crippen LogP contribution in [-0.4, -0.2) is 16.4 Å². The van der Waals surface area contributed by atoms with Gasteiger partial charge in [0, 0.05) is 29.6 Å². The van der Waals surface area contributed by atoms with Crippen LogP contribution in [0.15, 0.2) is 42.5 Å². The van der Waals surface area contributed by atoms with Gasteiger partial charge in [0.1, 0.15) is 5.75 Å². The molecule has 0 aliphatic carbocycles. The third-order valence-electron chi connectivity index (χ3n) is 4.44. The lowest BCUT2D eigenvalue weighted by Gasteiger charge is -2.11. The maximum atomic E-state index is 11.7. The standard InChI is InChI=1S/C21H21ClN2O3/c1-3-17-16(11-20(23)26)21-18(8-5-9-19(21)27-13(2)25)24(17)12-14-6-4-7-15(22)10-14/h4-10H,3,11-12H2,1-2H3,(H2,23,26). The van der Waals surface area contributed by atoms with Gasteiger partial charge < -0.3 is 15.0 Å². The van der Waals surface area contributed by atoms with Crippen molar-refractivity contribution in [2.45, 2.75) is 33.2 Å². The molecule has 0 aliphatic heterocycles. The average molecular weight is 385 g/mol. The Labute approximate surface area is 162 Å². The van der Waals surface area contributed by atoms with E-state index in [9.17, 15) is 9.59 Å². The number of hydrogen-bond donors (Lipinski definition) is 1. The molecule has 0 saturated carbocycles. The number of nitrogens with two attached hydrogens (primary N) is 1. The molecule has 0 aliphatic rings. The second-order valence-electron chi connectivity index (χ2n) is 6.38. The number of carbonyl (C=O) groups is 2. The molecule has 5 nitrogen and oxygen atoms in total. The highest BCUT2D eigenvalue weighted by molar-refractivity contribution is 6.30. The number of aromatic nitrogens is 1. The van der Waals surface area contributed by atoms with Gasteiger partial charge in [0.05, 0.1) is 11.9 Å². The lowest BCUT2D eigenvalue weighted by Crippen LogP contribution is -2.15. The number of fused-ring (bicyclic) bond motifs is 1. The van der Waals surface area contributed by atoms with Crippen LogP contribution in [0.2, 0.25) is 5.02 Å². The van der Waals surface area contributed by atoms with E-state index in [4.69, 9.17) is 22.1 Å². The van der Waals surface area contributed by atoms with Crippen LogP contribution in [0, 0.1) is 0 Å². The second kappa shape index (κ2) is 7.84. The highest BCUT2D eigenvalue weighted by atomic mass is 35.5. The van der Waals surface area contributed by atoms with Crippen LogP contribution < -0.4 is 10.5 Å². The van der Waals surface area contributed by atoms with Crippen molar-refractivity contribution in [2.24, 2.45) is 5.73 Å². The molecule has 2 N–H and O–H groups in total. The third-order valence-corrected chi connectivity index (χ3v) is 4.68. The Bertz CT molecular complexity index is 1020. The molecule has 0 atom stereocenters. The quantitative estimate of drug-likeness (QED) is 0.518. The summed E-state index contributed by atoms with van der Waals surface area (Å²) in [6.07, 6.45) is 0.790. The number of primary amides is 1. The molecule has 1 aromatic heterocycles. The molecule has 0 fully saturated rings. The number of carbonyl (C=O) groups excluding carboxylic acids is 2. The second-order valence-corrected chi connectivity index (χ2v) is 6.82. The zero-order chi connectivity index (χ0) is 19.6. The minimum absolute atomic E-state index is 0.0838. The predicted octanol–water partition coefficient (Wildman–Crippen LogP) is 3.86. The zero-order valence-corrected chi connectivity index (χ0v) is 16.0. The smallest absolute Gasteiger partial charge is 0.308 e. The van der Waals surface area contributed by atoms with E-state index >= 15 is 0 Å². The fourth-order valence-electron chi connectivity index (χ4n) is 3.51. The lowest BCUT2D eigenvalue weighted by atomic mass is 10.0. The van der Waals surface area contributed by atoms with Gasteiger partial charge in [-0.25, -0.2) is 0 Å². The molecule has 27 heavy (non-hydrogen) atoms. The molecular weight excluding hydrogens is 364 g/mol. The Hall–Kier alpha value is -2.79. The van der Waals surface area contributed by atoms with Gasteiger partial charge in [-0.15, -0.1) is 0 Å². The van der Waals surface area contributed by atoms with Crippen LogP contribution >= 0.6 is 11.6 Å². The van der Waals surface area contributed by atoms with Crippen LogP contribution in [-0.2, 0) is 29.0 Å². The van der Waals surface area contributed by atoms with Crippen molar-refractivity contribution in [1.82, 2.24) is 4.57 Å². The van der Waals surface area contributed by atoms with Crippen molar-refractivity contribution in [3.8, 4) is 5.75 Å². The van der Waals surface area contributed by atoms with E-state index < -0.39 is 11.9 Å². The number of nitrogens with zero attached hydrogens (tertiary/aromatic N) is 1. The monoisotopic (exact) mass is 384 g/mol. The molecule has 6 heteroatoms. The van der Waals surface area contributed by atoms with Gasteiger partial charge in [0.15, 0.2) is 0 Å². The van der Waals surface area contributed by atoms with E-state index in [1.807, 2.05) is 43.3 Å². The first-order valence-corrected chi connectivity index (χ1v) is 9.12. The fraction of sp³-hybridized carbons (Fsp3) is 0.238. The minimum Gasteiger partial charge on any atom is -0.426 e. The van der Waals surface area contributed by atoms with E-state index in [1.165, 1.54) is 6.92 Å². The van der Waals surface area contributed by atoms with Gasteiger partial charge in [-0.2, -0.15) is 0 Å². The zero-order valence-electron chi connectivity index (χ0n) is 15.3. The summed E-state index contributed by atoms with van der Waals surface area (Å²) in [5, 5.41) is 1.42. The van der Waals surface area contributed by atoms with Gasteiger partial charge in [0.2, 0.25) is 5.91 Å². The Kier molecular flexibility index (Phi) is 5.51.